The van der Waals surface area contributed by atoms with E-state index in [0.717, 1.165) is 55.3 Å². The summed E-state index contributed by atoms with van der Waals surface area (Å²) in [5.41, 5.74) is 6.14. The number of hydrogen-bond acceptors (Lipinski definition) is 4. The van der Waals surface area contributed by atoms with E-state index in [0.29, 0.717) is 11.7 Å². The molecule has 3 aromatic rings. The largest absolute Gasteiger partial charge is 0.310 e. The summed E-state index contributed by atoms with van der Waals surface area (Å²) >= 11 is 0. The topological polar surface area (TPSA) is 72.7 Å². The molecule has 0 bridgehead atoms. The molecule has 2 aliphatic rings. The zero-order valence-electron chi connectivity index (χ0n) is 19.1. The van der Waals surface area contributed by atoms with Crippen LogP contribution < -0.4 is 5.32 Å². The monoisotopic (exact) mass is 429 g/mol. The van der Waals surface area contributed by atoms with Gasteiger partial charge in [0.1, 0.15) is 5.82 Å². The van der Waals surface area contributed by atoms with Crippen LogP contribution >= 0.6 is 0 Å². The molecule has 166 valence electrons. The molecule has 1 amide bonds. The number of amides is 1. The second kappa shape index (κ2) is 8.15. The van der Waals surface area contributed by atoms with Gasteiger partial charge >= 0.3 is 0 Å². The Labute approximate surface area is 189 Å². The van der Waals surface area contributed by atoms with Gasteiger partial charge in [0.2, 0.25) is 5.91 Å². The minimum Gasteiger partial charge on any atom is -0.310 e. The molecule has 1 fully saturated rings. The van der Waals surface area contributed by atoms with E-state index in [1.807, 2.05) is 30.9 Å². The number of rotatable bonds is 4. The van der Waals surface area contributed by atoms with Gasteiger partial charge in [0, 0.05) is 42.3 Å². The summed E-state index contributed by atoms with van der Waals surface area (Å²) in [6, 6.07) is 6.16. The van der Waals surface area contributed by atoms with Gasteiger partial charge in [-0.15, -0.1) is 0 Å². The molecule has 1 aliphatic heterocycles. The molecule has 6 nitrogen and oxygen atoms in total. The average molecular weight is 430 g/mol. The summed E-state index contributed by atoms with van der Waals surface area (Å²) in [6.45, 7) is 7.56. The summed E-state index contributed by atoms with van der Waals surface area (Å²) in [4.78, 5) is 21.8. The van der Waals surface area contributed by atoms with E-state index in [1.54, 1.807) is 0 Å². The van der Waals surface area contributed by atoms with Gasteiger partial charge in [-0.25, -0.2) is 4.98 Å². The van der Waals surface area contributed by atoms with Crippen molar-refractivity contribution < 1.29 is 4.79 Å². The van der Waals surface area contributed by atoms with Crippen molar-refractivity contribution in [2.75, 3.05) is 5.32 Å². The number of pyridine rings is 2. The summed E-state index contributed by atoms with van der Waals surface area (Å²) < 4.78 is 2.12. The van der Waals surface area contributed by atoms with Crippen LogP contribution in [0.15, 0.2) is 43.0 Å². The Bertz CT molecular complexity index is 1130. The van der Waals surface area contributed by atoms with Crippen LogP contribution in [0.3, 0.4) is 0 Å². The Morgan fingerprint density at radius 3 is 2.78 bits per heavy atom. The van der Waals surface area contributed by atoms with Gasteiger partial charge in [-0.2, -0.15) is 5.10 Å². The number of hydrogen-bond donors (Lipinski definition) is 1. The van der Waals surface area contributed by atoms with Crippen LogP contribution in [0.5, 0.6) is 0 Å². The number of aryl methyl sites for hydroxylation is 1. The lowest BCUT2D eigenvalue weighted by atomic mass is 9.78. The number of fused-ring (bicyclic) bond motifs is 1. The van der Waals surface area contributed by atoms with Crippen LogP contribution in [-0.2, 0) is 17.8 Å². The van der Waals surface area contributed by atoms with Gasteiger partial charge < -0.3 is 5.32 Å². The molecule has 6 heteroatoms. The van der Waals surface area contributed by atoms with Crippen LogP contribution in [0.4, 0.5) is 5.82 Å². The number of nitrogens with zero attached hydrogens (tertiary/aromatic N) is 4. The van der Waals surface area contributed by atoms with Gasteiger partial charge in [-0.1, -0.05) is 20.3 Å². The first-order valence-electron chi connectivity index (χ1n) is 11.6. The predicted molar refractivity (Wildman–Crippen MR) is 125 cm³/mol. The van der Waals surface area contributed by atoms with Crippen molar-refractivity contribution >= 4 is 11.7 Å². The third kappa shape index (κ3) is 4.06. The highest BCUT2D eigenvalue weighted by atomic mass is 16.1. The molecule has 1 N–H and O–H groups in total. The normalized spacial score (nSPS) is 21.8. The van der Waals surface area contributed by atoms with E-state index >= 15 is 0 Å². The number of nitrogens with one attached hydrogen (secondary N) is 1. The fourth-order valence-electron chi connectivity index (χ4n) is 5.35. The molecular weight excluding hydrogens is 398 g/mol. The van der Waals surface area contributed by atoms with E-state index in [4.69, 9.17) is 0 Å². The van der Waals surface area contributed by atoms with Crippen molar-refractivity contribution in [1.29, 1.82) is 0 Å². The molecular formula is C26H31N5O. The highest BCUT2D eigenvalue weighted by Crippen LogP contribution is 2.39. The van der Waals surface area contributed by atoms with Crippen LogP contribution in [0, 0.1) is 18.3 Å². The smallest absolute Gasteiger partial charge is 0.228 e. The molecule has 2 atom stereocenters. The first kappa shape index (κ1) is 20.9. The average Bonchev–Trinajstić information content (AvgIpc) is 3.30. The molecule has 4 heterocycles. The minimum atomic E-state index is 0.00895. The Morgan fingerprint density at radius 1 is 1.16 bits per heavy atom. The first-order valence-corrected chi connectivity index (χ1v) is 11.6. The van der Waals surface area contributed by atoms with Gasteiger partial charge in [0.15, 0.2) is 0 Å². The van der Waals surface area contributed by atoms with E-state index in [-0.39, 0.29) is 17.2 Å². The second-order valence-electron chi connectivity index (χ2n) is 10.2. The molecule has 1 saturated carbocycles. The highest BCUT2D eigenvalue weighted by molar-refractivity contribution is 5.92. The third-order valence-corrected chi connectivity index (χ3v) is 7.04. The Kier molecular flexibility index (Phi) is 5.31. The lowest BCUT2D eigenvalue weighted by Gasteiger charge is -2.28. The van der Waals surface area contributed by atoms with E-state index in [1.165, 1.54) is 11.3 Å². The summed E-state index contributed by atoms with van der Waals surface area (Å²) in [6.07, 6.45) is 12.5. The molecule has 32 heavy (non-hydrogen) atoms. The number of aromatic nitrogens is 4. The van der Waals surface area contributed by atoms with E-state index in [2.05, 4.69) is 58.0 Å². The van der Waals surface area contributed by atoms with Crippen molar-refractivity contribution in [2.45, 2.75) is 65.3 Å². The SMILES string of the molecule is Cc1cnc(NC(=O)[C@H]2CCC[C@@H](c3ccncc3)C2)cc1-c1cnn2c1CC(C)(C)C2. The third-order valence-electron chi connectivity index (χ3n) is 7.04. The molecule has 0 aromatic carbocycles. The van der Waals surface area contributed by atoms with Crippen molar-refractivity contribution in [3.63, 3.8) is 0 Å². The zero-order chi connectivity index (χ0) is 22.3. The zero-order valence-corrected chi connectivity index (χ0v) is 19.1. The minimum absolute atomic E-state index is 0.00895. The molecule has 0 radical (unpaired) electrons. The quantitative estimate of drug-likeness (QED) is 0.623. The van der Waals surface area contributed by atoms with Gasteiger partial charge in [0.05, 0.1) is 6.20 Å². The Balaban J connectivity index is 1.33. The lowest BCUT2D eigenvalue weighted by Crippen LogP contribution is -2.27. The van der Waals surface area contributed by atoms with Gasteiger partial charge in [-0.3, -0.25) is 14.5 Å². The van der Waals surface area contributed by atoms with Crippen LogP contribution in [-0.4, -0.2) is 25.7 Å². The predicted octanol–water partition coefficient (Wildman–Crippen LogP) is 5.14. The first-order chi connectivity index (χ1) is 15.4. The Morgan fingerprint density at radius 2 is 1.97 bits per heavy atom. The van der Waals surface area contributed by atoms with Crippen molar-refractivity contribution in [2.24, 2.45) is 11.3 Å². The molecule has 0 unspecified atom stereocenters. The van der Waals surface area contributed by atoms with Crippen molar-refractivity contribution in [3.05, 3.63) is 59.8 Å². The number of carbonyl (C=O) groups excluding carboxylic acids is 1. The fraction of sp³-hybridized carbons (Fsp3) is 0.462. The summed E-state index contributed by atoms with van der Waals surface area (Å²) in [7, 11) is 0. The maximum absolute atomic E-state index is 13.1. The van der Waals surface area contributed by atoms with Crippen LogP contribution in [0.25, 0.3) is 11.1 Å². The number of carbonyl (C=O) groups is 1. The molecule has 0 saturated heterocycles. The second-order valence-corrected chi connectivity index (χ2v) is 10.2. The maximum Gasteiger partial charge on any atom is 0.228 e. The van der Waals surface area contributed by atoms with Crippen molar-refractivity contribution in [3.8, 4) is 11.1 Å². The number of anilines is 1. The highest BCUT2D eigenvalue weighted by Gasteiger charge is 2.32. The Hall–Kier alpha value is -3.02. The molecule has 0 spiro atoms. The van der Waals surface area contributed by atoms with E-state index < -0.39 is 0 Å². The fourth-order valence-corrected chi connectivity index (χ4v) is 5.35. The maximum atomic E-state index is 13.1. The standard InChI is InChI=1S/C26H31N5O/c1-17-14-28-24(12-21(17)22-15-29-31-16-26(2,3)13-23(22)31)30-25(32)20-6-4-5-19(11-20)18-7-9-27-10-8-18/h7-10,12,14-15,19-20H,4-6,11,13,16H2,1-3H3,(H,28,30,32)/t19-,20+/m1/s1. The molecule has 3 aromatic heterocycles. The van der Waals surface area contributed by atoms with Gasteiger partial charge in [0.25, 0.3) is 0 Å². The van der Waals surface area contributed by atoms with Crippen molar-refractivity contribution in [1.82, 2.24) is 19.7 Å². The van der Waals surface area contributed by atoms with Crippen LogP contribution in [0.2, 0.25) is 0 Å². The summed E-state index contributed by atoms with van der Waals surface area (Å²) in [5, 5.41) is 7.72. The van der Waals surface area contributed by atoms with E-state index in [9.17, 15) is 4.79 Å². The lowest BCUT2D eigenvalue weighted by molar-refractivity contribution is -0.120. The molecule has 1 aliphatic carbocycles. The van der Waals surface area contributed by atoms with Crippen LogP contribution in [0.1, 0.15) is 62.3 Å². The van der Waals surface area contributed by atoms with Gasteiger partial charge in [-0.05, 0) is 78.8 Å². The molecule has 5 rings (SSSR count). The summed E-state index contributed by atoms with van der Waals surface area (Å²) in [5.74, 6) is 1.13.